The van der Waals surface area contributed by atoms with E-state index in [0.29, 0.717) is 0 Å². The number of thiazole rings is 1. The molecule has 1 aromatic rings. The average molecular weight is 226 g/mol. The van der Waals surface area contributed by atoms with Gasteiger partial charge in [-0.25, -0.2) is 0 Å². The Labute approximate surface area is 94.8 Å². The van der Waals surface area contributed by atoms with Gasteiger partial charge >= 0.3 is 0 Å². The number of hydrogen-bond acceptors (Lipinski definition) is 4. The second-order valence-corrected chi connectivity index (χ2v) is 5.27. The van der Waals surface area contributed by atoms with Gasteiger partial charge in [-0.15, -0.1) is 11.3 Å². The fourth-order valence-corrected chi connectivity index (χ4v) is 2.85. The first-order valence-electron chi connectivity index (χ1n) is 5.54. The third-order valence-electron chi connectivity index (χ3n) is 3.22. The minimum atomic E-state index is -0.488. The third kappa shape index (κ3) is 2.77. The van der Waals surface area contributed by atoms with Crippen molar-refractivity contribution in [2.24, 2.45) is 0 Å². The lowest BCUT2D eigenvalue weighted by Crippen LogP contribution is -2.45. The Balaban J connectivity index is 1.92. The van der Waals surface area contributed by atoms with Crippen molar-refractivity contribution in [2.75, 3.05) is 19.6 Å². The Hall–Kier alpha value is -0.450. The van der Waals surface area contributed by atoms with Crippen LogP contribution in [-0.2, 0) is 6.42 Å². The molecular weight excluding hydrogens is 208 g/mol. The number of hydrogen-bond donors (Lipinski definition) is 1. The van der Waals surface area contributed by atoms with E-state index in [1.54, 1.807) is 11.3 Å². The smallest absolute Gasteiger partial charge is 0.0794 e. The summed E-state index contributed by atoms with van der Waals surface area (Å²) < 4.78 is 0. The summed E-state index contributed by atoms with van der Waals surface area (Å²) in [4.78, 5) is 7.63. The van der Waals surface area contributed by atoms with Crippen LogP contribution in [0, 0.1) is 0 Å². The monoisotopic (exact) mass is 226 g/mol. The van der Waals surface area contributed by atoms with E-state index in [-0.39, 0.29) is 0 Å². The van der Waals surface area contributed by atoms with E-state index in [4.69, 9.17) is 0 Å². The Morgan fingerprint density at radius 3 is 2.80 bits per heavy atom. The molecule has 0 radical (unpaired) electrons. The van der Waals surface area contributed by atoms with Crippen LogP contribution in [0.1, 0.15) is 24.6 Å². The van der Waals surface area contributed by atoms with Crippen molar-refractivity contribution in [3.8, 4) is 0 Å². The summed E-state index contributed by atoms with van der Waals surface area (Å²) in [5.41, 5.74) is 1.35. The van der Waals surface area contributed by atoms with Crippen molar-refractivity contribution >= 4 is 11.3 Å². The molecule has 4 heteroatoms. The fraction of sp³-hybridized carbons (Fsp3) is 0.727. The van der Waals surface area contributed by atoms with Crippen molar-refractivity contribution in [2.45, 2.75) is 31.8 Å². The Bertz CT molecular complexity index is 292. The molecule has 0 bridgehead atoms. The Morgan fingerprint density at radius 2 is 2.27 bits per heavy atom. The standard InChI is InChI=1S/C11H18N2OS/c1-2-13-5-3-11(14,4-6-13)7-10-8-12-9-15-10/h8-9,14H,2-7H2,1H3. The minimum absolute atomic E-state index is 0.488. The van der Waals surface area contributed by atoms with Crippen LogP contribution in [0.25, 0.3) is 0 Å². The molecule has 1 aromatic heterocycles. The fourth-order valence-electron chi connectivity index (χ4n) is 2.12. The lowest BCUT2D eigenvalue weighted by atomic mass is 9.88. The van der Waals surface area contributed by atoms with Crippen LogP contribution in [0.2, 0.25) is 0 Å². The molecule has 0 aliphatic carbocycles. The molecule has 0 unspecified atom stereocenters. The summed E-state index contributed by atoms with van der Waals surface area (Å²) >= 11 is 1.64. The van der Waals surface area contributed by atoms with Crippen LogP contribution in [0.15, 0.2) is 11.7 Å². The highest BCUT2D eigenvalue weighted by Crippen LogP contribution is 2.27. The molecule has 1 saturated heterocycles. The van der Waals surface area contributed by atoms with Crippen LogP contribution in [-0.4, -0.2) is 40.2 Å². The van der Waals surface area contributed by atoms with Crippen LogP contribution >= 0.6 is 11.3 Å². The quantitative estimate of drug-likeness (QED) is 0.849. The van der Waals surface area contributed by atoms with Gasteiger partial charge in [0, 0.05) is 30.6 Å². The molecule has 84 valence electrons. The summed E-state index contributed by atoms with van der Waals surface area (Å²) in [5, 5.41) is 10.4. The predicted molar refractivity (Wildman–Crippen MR) is 62.1 cm³/mol. The summed E-state index contributed by atoms with van der Waals surface area (Å²) in [6.45, 7) is 5.31. The van der Waals surface area contributed by atoms with Crippen molar-refractivity contribution in [1.82, 2.24) is 9.88 Å². The van der Waals surface area contributed by atoms with E-state index in [0.717, 1.165) is 38.9 Å². The van der Waals surface area contributed by atoms with E-state index < -0.39 is 5.60 Å². The van der Waals surface area contributed by atoms with Crippen LogP contribution < -0.4 is 0 Å². The SMILES string of the molecule is CCN1CCC(O)(Cc2cncs2)CC1. The maximum absolute atomic E-state index is 10.4. The number of likely N-dealkylation sites (tertiary alicyclic amines) is 1. The molecule has 2 rings (SSSR count). The summed E-state index contributed by atoms with van der Waals surface area (Å²) in [7, 11) is 0. The van der Waals surface area contributed by atoms with Gasteiger partial charge in [-0.2, -0.15) is 0 Å². The number of nitrogens with zero attached hydrogens (tertiary/aromatic N) is 2. The van der Waals surface area contributed by atoms with Gasteiger partial charge in [0.05, 0.1) is 11.1 Å². The van der Waals surface area contributed by atoms with Crippen molar-refractivity contribution in [3.63, 3.8) is 0 Å². The minimum Gasteiger partial charge on any atom is -0.389 e. The normalized spacial score (nSPS) is 21.7. The molecule has 1 fully saturated rings. The van der Waals surface area contributed by atoms with Gasteiger partial charge in [0.15, 0.2) is 0 Å². The number of rotatable bonds is 3. The highest BCUT2D eigenvalue weighted by molar-refractivity contribution is 7.09. The van der Waals surface area contributed by atoms with Gasteiger partial charge in [-0.3, -0.25) is 4.98 Å². The van der Waals surface area contributed by atoms with E-state index in [1.807, 2.05) is 11.7 Å². The molecule has 0 saturated carbocycles. The first-order chi connectivity index (χ1) is 7.22. The third-order valence-corrected chi connectivity index (χ3v) is 4.00. The lowest BCUT2D eigenvalue weighted by molar-refractivity contribution is -0.0188. The maximum Gasteiger partial charge on any atom is 0.0794 e. The Morgan fingerprint density at radius 1 is 1.53 bits per heavy atom. The second-order valence-electron chi connectivity index (χ2n) is 4.30. The molecule has 0 atom stereocenters. The van der Waals surface area contributed by atoms with Crippen molar-refractivity contribution in [1.29, 1.82) is 0 Å². The molecule has 0 spiro atoms. The van der Waals surface area contributed by atoms with E-state index in [1.165, 1.54) is 4.88 Å². The van der Waals surface area contributed by atoms with Gasteiger partial charge in [0.1, 0.15) is 0 Å². The van der Waals surface area contributed by atoms with Crippen LogP contribution in [0.4, 0.5) is 0 Å². The van der Waals surface area contributed by atoms with Gasteiger partial charge < -0.3 is 10.0 Å². The zero-order valence-electron chi connectivity index (χ0n) is 9.15. The number of aliphatic hydroxyl groups is 1. The zero-order chi connectivity index (χ0) is 10.7. The van der Waals surface area contributed by atoms with Crippen LogP contribution in [0.3, 0.4) is 0 Å². The lowest BCUT2D eigenvalue weighted by Gasteiger charge is -2.37. The summed E-state index contributed by atoms with van der Waals surface area (Å²) in [5.74, 6) is 0. The second kappa shape index (κ2) is 4.60. The number of piperidine rings is 1. The topological polar surface area (TPSA) is 36.4 Å². The molecule has 3 nitrogen and oxygen atoms in total. The zero-order valence-corrected chi connectivity index (χ0v) is 9.96. The van der Waals surface area contributed by atoms with E-state index >= 15 is 0 Å². The number of aromatic nitrogens is 1. The Kier molecular flexibility index (Phi) is 3.38. The highest BCUT2D eigenvalue weighted by Gasteiger charge is 2.32. The average Bonchev–Trinajstić information content (AvgIpc) is 2.71. The summed E-state index contributed by atoms with van der Waals surface area (Å²) in [6.07, 6.45) is 4.42. The first-order valence-corrected chi connectivity index (χ1v) is 6.42. The molecule has 1 aliphatic rings. The van der Waals surface area contributed by atoms with Crippen molar-refractivity contribution in [3.05, 3.63) is 16.6 Å². The molecule has 15 heavy (non-hydrogen) atoms. The van der Waals surface area contributed by atoms with Gasteiger partial charge in [0.2, 0.25) is 0 Å². The van der Waals surface area contributed by atoms with E-state index in [9.17, 15) is 5.11 Å². The molecule has 0 aromatic carbocycles. The highest BCUT2D eigenvalue weighted by atomic mass is 32.1. The van der Waals surface area contributed by atoms with Gasteiger partial charge in [0.25, 0.3) is 0 Å². The molecular formula is C11H18N2OS. The maximum atomic E-state index is 10.4. The van der Waals surface area contributed by atoms with Crippen LogP contribution in [0.5, 0.6) is 0 Å². The predicted octanol–water partition coefficient (Wildman–Crippen LogP) is 1.53. The molecule has 1 N–H and O–H groups in total. The van der Waals surface area contributed by atoms with E-state index in [2.05, 4.69) is 16.8 Å². The largest absolute Gasteiger partial charge is 0.389 e. The first kappa shape index (κ1) is 11.0. The molecule has 1 aliphatic heterocycles. The molecule has 0 amide bonds. The summed E-state index contributed by atoms with van der Waals surface area (Å²) in [6, 6.07) is 0. The molecule has 2 heterocycles. The van der Waals surface area contributed by atoms with Gasteiger partial charge in [-0.05, 0) is 19.4 Å². The van der Waals surface area contributed by atoms with Gasteiger partial charge in [-0.1, -0.05) is 6.92 Å². The van der Waals surface area contributed by atoms with Crippen molar-refractivity contribution < 1.29 is 5.11 Å².